The summed E-state index contributed by atoms with van der Waals surface area (Å²) >= 11 is 0. The number of carbonyl (C=O) groups is 2. The molecule has 1 atom stereocenters. The van der Waals surface area contributed by atoms with Gasteiger partial charge in [-0.05, 0) is 25.5 Å². The third-order valence-corrected chi connectivity index (χ3v) is 3.96. The Balaban J connectivity index is 2.06. The van der Waals surface area contributed by atoms with E-state index >= 15 is 0 Å². The van der Waals surface area contributed by atoms with Gasteiger partial charge in [0, 0.05) is 31.7 Å². The van der Waals surface area contributed by atoms with Gasteiger partial charge in [-0.2, -0.15) is 0 Å². The number of rotatable bonds is 10. The Bertz CT molecular complexity index is 712. The Kier molecular flexibility index (Phi) is 6.94. The maximum atomic E-state index is 12.7. The van der Waals surface area contributed by atoms with E-state index < -0.39 is 11.9 Å². The average Bonchev–Trinajstić information content (AvgIpc) is 3.00. The molecule has 0 saturated heterocycles. The molecular formula is C18H24N2O5. The minimum absolute atomic E-state index is 0.0813. The molecule has 1 N–H and O–H groups in total. The molecule has 1 unspecified atom stereocenters. The van der Waals surface area contributed by atoms with Crippen molar-refractivity contribution in [1.82, 2.24) is 10.1 Å². The number of para-hydroxylation sites is 1. The highest BCUT2D eigenvalue weighted by atomic mass is 16.5. The fourth-order valence-electron chi connectivity index (χ4n) is 2.55. The van der Waals surface area contributed by atoms with E-state index in [0.717, 1.165) is 5.39 Å². The monoisotopic (exact) mass is 348 g/mol. The highest BCUT2D eigenvalue weighted by Crippen LogP contribution is 2.19. The molecule has 1 heterocycles. The lowest BCUT2D eigenvalue weighted by molar-refractivity contribution is -0.143. The maximum Gasteiger partial charge on any atom is 0.308 e. The lowest BCUT2D eigenvalue weighted by Crippen LogP contribution is -2.39. The van der Waals surface area contributed by atoms with Crippen LogP contribution in [0.25, 0.3) is 11.0 Å². The Morgan fingerprint density at radius 3 is 2.84 bits per heavy atom. The molecule has 0 radical (unpaired) electrons. The number of carbonyl (C=O) groups excluding carboxylic acids is 1. The molecule has 1 amide bonds. The van der Waals surface area contributed by atoms with Crippen molar-refractivity contribution in [1.29, 1.82) is 0 Å². The van der Waals surface area contributed by atoms with Crippen molar-refractivity contribution >= 4 is 22.8 Å². The molecule has 25 heavy (non-hydrogen) atoms. The molecule has 136 valence electrons. The Labute approximate surface area is 146 Å². The summed E-state index contributed by atoms with van der Waals surface area (Å²) in [6.45, 7) is 5.27. The van der Waals surface area contributed by atoms with Crippen molar-refractivity contribution in [3.05, 3.63) is 30.0 Å². The van der Waals surface area contributed by atoms with Gasteiger partial charge >= 0.3 is 5.97 Å². The van der Waals surface area contributed by atoms with Gasteiger partial charge in [0.15, 0.2) is 5.58 Å². The molecule has 1 aromatic heterocycles. The molecule has 7 heteroatoms. The number of aromatic nitrogens is 1. The van der Waals surface area contributed by atoms with Crippen molar-refractivity contribution in [2.24, 2.45) is 5.92 Å². The standard InChI is InChI=1S/C18H24N2O5/c1-3-24-10-6-9-20(12-13(2)18(22)23)17(21)11-15-14-7-4-5-8-16(14)25-19-15/h4-5,7-8,13H,3,6,9-12H2,1-2H3,(H,22,23). The summed E-state index contributed by atoms with van der Waals surface area (Å²) in [7, 11) is 0. The van der Waals surface area contributed by atoms with Gasteiger partial charge in [0.2, 0.25) is 5.91 Å². The van der Waals surface area contributed by atoms with Crippen molar-refractivity contribution in [2.45, 2.75) is 26.7 Å². The third kappa shape index (κ3) is 5.29. The maximum absolute atomic E-state index is 12.7. The first-order valence-corrected chi connectivity index (χ1v) is 8.44. The van der Waals surface area contributed by atoms with E-state index in [1.54, 1.807) is 17.9 Å². The largest absolute Gasteiger partial charge is 0.481 e. The summed E-state index contributed by atoms with van der Waals surface area (Å²) < 4.78 is 10.5. The number of hydrogen-bond donors (Lipinski definition) is 1. The predicted molar refractivity (Wildman–Crippen MR) is 92.2 cm³/mol. The van der Waals surface area contributed by atoms with Crippen LogP contribution in [0.3, 0.4) is 0 Å². The van der Waals surface area contributed by atoms with Gasteiger partial charge in [0.25, 0.3) is 0 Å². The summed E-state index contributed by atoms with van der Waals surface area (Å²) in [4.78, 5) is 25.4. The molecule has 2 aromatic rings. The van der Waals surface area contributed by atoms with Gasteiger partial charge in [0.1, 0.15) is 5.69 Å². The smallest absolute Gasteiger partial charge is 0.308 e. The van der Waals surface area contributed by atoms with Crippen molar-refractivity contribution in [3.63, 3.8) is 0 Å². The molecule has 2 rings (SSSR count). The summed E-state index contributed by atoms with van der Waals surface area (Å²) in [5.74, 6) is -1.72. The first kappa shape index (κ1) is 18.9. The molecule has 7 nitrogen and oxygen atoms in total. The van der Waals surface area contributed by atoms with Crippen molar-refractivity contribution < 1.29 is 24.0 Å². The van der Waals surface area contributed by atoms with Crippen LogP contribution in [0.2, 0.25) is 0 Å². The highest BCUT2D eigenvalue weighted by molar-refractivity contribution is 5.86. The van der Waals surface area contributed by atoms with Crippen LogP contribution in [0.4, 0.5) is 0 Å². The summed E-state index contributed by atoms with van der Waals surface area (Å²) in [6, 6.07) is 7.35. The number of amides is 1. The zero-order valence-corrected chi connectivity index (χ0v) is 14.6. The lowest BCUT2D eigenvalue weighted by atomic mass is 10.1. The predicted octanol–water partition coefficient (Wildman–Crippen LogP) is 2.35. The zero-order valence-electron chi connectivity index (χ0n) is 14.6. The van der Waals surface area contributed by atoms with Crippen LogP contribution in [0, 0.1) is 5.92 Å². The topological polar surface area (TPSA) is 92.9 Å². The second kappa shape index (κ2) is 9.17. The SMILES string of the molecule is CCOCCCN(CC(C)C(=O)O)C(=O)Cc1noc2ccccc12. The van der Waals surface area contributed by atoms with Gasteiger partial charge in [-0.3, -0.25) is 9.59 Å². The molecule has 0 saturated carbocycles. The molecule has 0 aliphatic rings. The lowest BCUT2D eigenvalue weighted by Gasteiger charge is -2.24. The van der Waals surface area contributed by atoms with Crippen LogP contribution < -0.4 is 0 Å². The van der Waals surface area contributed by atoms with Gasteiger partial charge < -0.3 is 19.3 Å². The van der Waals surface area contributed by atoms with E-state index in [1.165, 1.54) is 0 Å². The average molecular weight is 348 g/mol. The van der Waals surface area contributed by atoms with Crippen LogP contribution in [0.1, 0.15) is 26.0 Å². The third-order valence-electron chi connectivity index (χ3n) is 3.96. The number of benzene rings is 1. The van der Waals surface area contributed by atoms with Crippen LogP contribution >= 0.6 is 0 Å². The van der Waals surface area contributed by atoms with Gasteiger partial charge in [0.05, 0.1) is 12.3 Å². The van der Waals surface area contributed by atoms with Crippen LogP contribution in [0.15, 0.2) is 28.8 Å². The van der Waals surface area contributed by atoms with E-state index in [9.17, 15) is 9.59 Å². The molecule has 1 aromatic carbocycles. The Morgan fingerprint density at radius 1 is 1.36 bits per heavy atom. The Hall–Kier alpha value is -2.41. The summed E-state index contributed by atoms with van der Waals surface area (Å²) in [6.07, 6.45) is 0.740. The van der Waals surface area contributed by atoms with E-state index in [4.69, 9.17) is 14.4 Å². The van der Waals surface area contributed by atoms with E-state index in [0.29, 0.717) is 37.5 Å². The number of carboxylic acid groups (broad SMARTS) is 1. The normalized spacial score (nSPS) is 12.2. The van der Waals surface area contributed by atoms with Crippen LogP contribution in [-0.2, 0) is 20.7 Å². The number of ether oxygens (including phenoxy) is 1. The fourth-order valence-corrected chi connectivity index (χ4v) is 2.55. The van der Waals surface area contributed by atoms with Gasteiger partial charge in [-0.25, -0.2) is 0 Å². The second-order valence-electron chi connectivity index (χ2n) is 5.93. The zero-order chi connectivity index (χ0) is 18.2. The first-order chi connectivity index (χ1) is 12.0. The molecule has 0 aliphatic carbocycles. The number of fused-ring (bicyclic) bond motifs is 1. The number of nitrogens with zero attached hydrogens (tertiary/aromatic N) is 2. The van der Waals surface area contributed by atoms with E-state index in [2.05, 4.69) is 5.16 Å². The number of carboxylic acids is 1. The molecule has 0 spiro atoms. The van der Waals surface area contributed by atoms with E-state index in [1.807, 2.05) is 25.1 Å². The number of aliphatic carboxylic acids is 1. The molecule has 0 fully saturated rings. The fraction of sp³-hybridized carbons (Fsp3) is 0.500. The van der Waals surface area contributed by atoms with Crippen molar-refractivity contribution in [3.8, 4) is 0 Å². The Morgan fingerprint density at radius 2 is 2.12 bits per heavy atom. The highest BCUT2D eigenvalue weighted by Gasteiger charge is 2.22. The quantitative estimate of drug-likeness (QED) is 0.663. The minimum Gasteiger partial charge on any atom is -0.481 e. The molecule has 0 aliphatic heterocycles. The van der Waals surface area contributed by atoms with Gasteiger partial charge in [-0.15, -0.1) is 0 Å². The second-order valence-corrected chi connectivity index (χ2v) is 5.93. The van der Waals surface area contributed by atoms with Gasteiger partial charge in [-0.1, -0.05) is 24.2 Å². The molecular weight excluding hydrogens is 324 g/mol. The summed E-state index contributed by atoms with van der Waals surface area (Å²) in [5.41, 5.74) is 1.20. The van der Waals surface area contributed by atoms with Crippen LogP contribution in [0.5, 0.6) is 0 Å². The van der Waals surface area contributed by atoms with E-state index in [-0.39, 0.29) is 18.9 Å². The van der Waals surface area contributed by atoms with Crippen LogP contribution in [-0.4, -0.2) is 53.3 Å². The van der Waals surface area contributed by atoms with Crippen molar-refractivity contribution in [2.75, 3.05) is 26.3 Å². The summed E-state index contributed by atoms with van der Waals surface area (Å²) in [5, 5.41) is 13.9. The number of hydrogen-bond acceptors (Lipinski definition) is 5. The minimum atomic E-state index is -0.922. The first-order valence-electron chi connectivity index (χ1n) is 8.44. The molecule has 0 bridgehead atoms.